The van der Waals surface area contributed by atoms with Crippen LogP contribution < -0.4 is 9.47 Å². The Hall–Kier alpha value is -2.46. The van der Waals surface area contributed by atoms with Gasteiger partial charge in [-0.3, -0.25) is 0 Å². The Kier molecular flexibility index (Phi) is 3.54. The number of hydrogen-bond acceptors (Lipinski definition) is 4. The van der Waals surface area contributed by atoms with Crippen LogP contribution in [-0.4, -0.2) is 19.3 Å². The van der Waals surface area contributed by atoms with Gasteiger partial charge in [-0.15, -0.1) is 0 Å². The van der Waals surface area contributed by atoms with E-state index in [0.29, 0.717) is 11.5 Å². The van der Waals surface area contributed by atoms with Gasteiger partial charge in [0.2, 0.25) is 0 Å². The van der Waals surface area contributed by atoms with E-state index in [1.165, 1.54) is 0 Å². The SMILES string of the molecule is COc1ccc(C(O)c2coc3ccccc23)cc1OC. The maximum absolute atomic E-state index is 10.6. The number of benzene rings is 2. The van der Waals surface area contributed by atoms with Crippen LogP contribution in [-0.2, 0) is 0 Å². The first-order chi connectivity index (χ1) is 10.2. The summed E-state index contributed by atoms with van der Waals surface area (Å²) >= 11 is 0. The second-order valence-corrected chi connectivity index (χ2v) is 4.70. The van der Waals surface area contributed by atoms with E-state index in [0.717, 1.165) is 22.1 Å². The van der Waals surface area contributed by atoms with E-state index in [4.69, 9.17) is 13.9 Å². The molecule has 3 rings (SSSR count). The van der Waals surface area contributed by atoms with E-state index >= 15 is 0 Å². The molecule has 0 bridgehead atoms. The molecule has 21 heavy (non-hydrogen) atoms. The number of aliphatic hydroxyl groups is 1. The van der Waals surface area contributed by atoms with Crippen molar-refractivity contribution >= 4 is 11.0 Å². The topological polar surface area (TPSA) is 51.8 Å². The van der Waals surface area contributed by atoms with Crippen LogP contribution in [0.15, 0.2) is 53.1 Å². The van der Waals surface area contributed by atoms with Gasteiger partial charge in [0.05, 0.1) is 20.5 Å². The van der Waals surface area contributed by atoms with Crippen LogP contribution in [0.5, 0.6) is 11.5 Å². The maximum Gasteiger partial charge on any atom is 0.161 e. The van der Waals surface area contributed by atoms with Gasteiger partial charge in [0.15, 0.2) is 11.5 Å². The second kappa shape index (κ2) is 5.50. The Morgan fingerprint density at radius 2 is 1.76 bits per heavy atom. The van der Waals surface area contributed by atoms with Crippen molar-refractivity contribution in [3.63, 3.8) is 0 Å². The Morgan fingerprint density at radius 3 is 2.52 bits per heavy atom. The molecule has 1 N–H and O–H groups in total. The highest BCUT2D eigenvalue weighted by Crippen LogP contribution is 2.35. The van der Waals surface area contributed by atoms with Crippen LogP contribution in [0.25, 0.3) is 11.0 Å². The molecule has 0 aliphatic rings. The highest BCUT2D eigenvalue weighted by atomic mass is 16.5. The highest BCUT2D eigenvalue weighted by Gasteiger charge is 2.18. The zero-order valence-electron chi connectivity index (χ0n) is 11.9. The summed E-state index contributed by atoms with van der Waals surface area (Å²) in [5.41, 5.74) is 2.21. The number of rotatable bonds is 4. The lowest BCUT2D eigenvalue weighted by Gasteiger charge is -2.13. The fourth-order valence-corrected chi connectivity index (χ4v) is 2.41. The molecule has 0 amide bonds. The molecule has 0 radical (unpaired) electrons. The predicted molar refractivity (Wildman–Crippen MR) is 79.8 cm³/mol. The van der Waals surface area contributed by atoms with Gasteiger partial charge in [0.1, 0.15) is 11.7 Å². The van der Waals surface area contributed by atoms with Crippen molar-refractivity contribution in [1.82, 2.24) is 0 Å². The quantitative estimate of drug-likeness (QED) is 0.796. The van der Waals surface area contributed by atoms with Gasteiger partial charge in [-0.25, -0.2) is 0 Å². The highest BCUT2D eigenvalue weighted by molar-refractivity contribution is 5.81. The molecule has 0 spiro atoms. The number of hydrogen-bond donors (Lipinski definition) is 1. The third-order valence-electron chi connectivity index (χ3n) is 3.53. The predicted octanol–water partition coefficient (Wildman–Crippen LogP) is 3.53. The van der Waals surface area contributed by atoms with Gasteiger partial charge in [-0.1, -0.05) is 24.3 Å². The van der Waals surface area contributed by atoms with Crippen molar-refractivity contribution in [2.75, 3.05) is 14.2 Å². The smallest absolute Gasteiger partial charge is 0.161 e. The standard InChI is InChI=1S/C17H16O4/c1-19-15-8-7-11(9-16(15)20-2)17(18)13-10-21-14-6-4-3-5-12(13)14/h3-10,17-18H,1-2H3. The molecule has 1 aromatic heterocycles. The van der Waals surface area contributed by atoms with Gasteiger partial charge >= 0.3 is 0 Å². The molecule has 3 aromatic rings. The summed E-state index contributed by atoms with van der Waals surface area (Å²) in [6, 6.07) is 13.0. The minimum atomic E-state index is -0.784. The average molecular weight is 284 g/mol. The number of aliphatic hydroxyl groups excluding tert-OH is 1. The first-order valence-electron chi connectivity index (χ1n) is 6.60. The summed E-state index contributed by atoms with van der Waals surface area (Å²) in [7, 11) is 3.15. The fraction of sp³-hybridized carbons (Fsp3) is 0.176. The number of para-hydroxylation sites is 1. The molecule has 1 heterocycles. The second-order valence-electron chi connectivity index (χ2n) is 4.70. The summed E-state index contributed by atoms with van der Waals surface area (Å²) in [5, 5.41) is 11.5. The van der Waals surface area contributed by atoms with Crippen LogP contribution in [0.2, 0.25) is 0 Å². The molecule has 0 aliphatic heterocycles. The zero-order valence-corrected chi connectivity index (χ0v) is 11.9. The molecule has 4 heteroatoms. The molecule has 0 fully saturated rings. The first-order valence-corrected chi connectivity index (χ1v) is 6.60. The normalized spacial score (nSPS) is 12.3. The minimum absolute atomic E-state index is 0.585. The molecule has 0 saturated heterocycles. The van der Waals surface area contributed by atoms with Crippen LogP contribution in [0.4, 0.5) is 0 Å². The molecular formula is C17H16O4. The third kappa shape index (κ3) is 2.34. The molecule has 4 nitrogen and oxygen atoms in total. The van der Waals surface area contributed by atoms with Crippen LogP contribution in [0, 0.1) is 0 Å². The first kappa shape index (κ1) is 13.5. The number of methoxy groups -OCH3 is 2. The van der Waals surface area contributed by atoms with Crippen molar-refractivity contribution in [3.8, 4) is 11.5 Å². The Bertz CT molecular complexity index is 760. The van der Waals surface area contributed by atoms with Gasteiger partial charge in [-0.2, -0.15) is 0 Å². The van der Waals surface area contributed by atoms with Crippen molar-refractivity contribution in [2.24, 2.45) is 0 Å². The van der Waals surface area contributed by atoms with Gasteiger partial charge in [0, 0.05) is 10.9 Å². The van der Waals surface area contributed by atoms with Crippen molar-refractivity contribution in [2.45, 2.75) is 6.10 Å². The fourth-order valence-electron chi connectivity index (χ4n) is 2.41. The third-order valence-corrected chi connectivity index (χ3v) is 3.53. The van der Waals surface area contributed by atoms with Crippen molar-refractivity contribution < 1.29 is 19.0 Å². The lowest BCUT2D eigenvalue weighted by molar-refractivity contribution is 0.219. The van der Waals surface area contributed by atoms with Crippen LogP contribution >= 0.6 is 0 Å². The van der Waals surface area contributed by atoms with E-state index in [1.54, 1.807) is 32.6 Å². The summed E-state index contributed by atoms with van der Waals surface area (Å²) < 4.78 is 16.0. The molecular weight excluding hydrogens is 268 g/mol. The lowest BCUT2D eigenvalue weighted by atomic mass is 10.0. The maximum atomic E-state index is 10.6. The molecule has 0 aliphatic carbocycles. The minimum Gasteiger partial charge on any atom is -0.493 e. The van der Waals surface area contributed by atoms with Gasteiger partial charge < -0.3 is 19.0 Å². The van der Waals surface area contributed by atoms with Gasteiger partial charge in [0.25, 0.3) is 0 Å². The van der Waals surface area contributed by atoms with E-state index in [1.807, 2.05) is 30.3 Å². The summed E-state index contributed by atoms with van der Waals surface area (Å²) in [6.07, 6.45) is 0.805. The number of ether oxygens (including phenoxy) is 2. The Labute approximate surface area is 122 Å². The Morgan fingerprint density at radius 1 is 1.00 bits per heavy atom. The summed E-state index contributed by atoms with van der Waals surface area (Å²) in [5.74, 6) is 1.22. The summed E-state index contributed by atoms with van der Waals surface area (Å²) in [4.78, 5) is 0. The molecule has 1 unspecified atom stereocenters. The number of furan rings is 1. The van der Waals surface area contributed by atoms with E-state index in [9.17, 15) is 5.11 Å². The van der Waals surface area contributed by atoms with E-state index in [-0.39, 0.29) is 0 Å². The Balaban J connectivity index is 2.04. The van der Waals surface area contributed by atoms with Crippen molar-refractivity contribution in [3.05, 3.63) is 59.9 Å². The monoisotopic (exact) mass is 284 g/mol. The molecule has 1 atom stereocenters. The van der Waals surface area contributed by atoms with Crippen LogP contribution in [0.3, 0.4) is 0 Å². The molecule has 2 aromatic carbocycles. The van der Waals surface area contributed by atoms with Gasteiger partial charge in [-0.05, 0) is 23.8 Å². The zero-order chi connectivity index (χ0) is 14.8. The molecule has 0 saturated carbocycles. The summed E-state index contributed by atoms with van der Waals surface area (Å²) in [6.45, 7) is 0. The van der Waals surface area contributed by atoms with E-state index < -0.39 is 6.10 Å². The lowest BCUT2D eigenvalue weighted by Crippen LogP contribution is -2.00. The molecule has 108 valence electrons. The number of fused-ring (bicyclic) bond motifs is 1. The van der Waals surface area contributed by atoms with E-state index in [2.05, 4.69) is 0 Å². The van der Waals surface area contributed by atoms with Crippen molar-refractivity contribution in [1.29, 1.82) is 0 Å². The largest absolute Gasteiger partial charge is 0.493 e. The van der Waals surface area contributed by atoms with Crippen LogP contribution in [0.1, 0.15) is 17.2 Å². The average Bonchev–Trinajstić information content (AvgIpc) is 2.97.